The molecule has 0 saturated heterocycles. The van der Waals surface area contributed by atoms with Crippen molar-refractivity contribution in [2.24, 2.45) is 0 Å². The molecule has 1 aromatic carbocycles. The molecule has 1 aliphatic rings. The molecule has 0 unspecified atom stereocenters. The first kappa shape index (κ1) is 16.5. The van der Waals surface area contributed by atoms with Gasteiger partial charge in [0.05, 0.1) is 0 Å². The number of Topliss-reactive ketones (excluding diaryl/α,β-unsaturated/α-hetero) is 2. The lowest BCUT2D eigenvalue weighted by molar-refractivity contribution is -0.114. The third-order valence-electron chi connectivity index (χ3n) is 4.42. The maximum atomic E-state index is 12.3. The number of fused-ring (bicyclic) bond motifs is 1. The lowest BCUT2D eigenvalue weighted by Crippen LogP contribution is -2.29. The average Bonchev–Trinajstić information content (AvgIpc) is 2.87. The van der Waals surface area contributed by atoms with E-state index in [1.54, 1.807) is 12.1 Å². The summed E-state index contributed by atoms with van der Waals surface area (Å²) in [6.07, 6.45) is 0. The van der Waals surface area contributed by atoms with Crippen molar-refractivity contribution in [2.75, 3.05) is 0 Å². The molecule has 0 radical (unpaired) electrons. The van der Waals surface area contributed by atoms with E-state index < -0.39 is 0 Å². The zero-order chi connectivity index (χ0) is 17.6. The SMILES string of the molecule is CC(=O)C1=C(C)NC(C)=C(C(C)=O)C1c1csc2cc(O)ccc12. The number of phenolic OH excluding ortho intramolecular Hbond substituents is 1. The van der Waals surface area contributed by atoms with E-state index in [-0.39, 0.29) is 23.2 Å². The Morgan fingerprint density at radius 2 is 1.67 bits per heavy atom. The summed E-state index contributed by atoms with van der Waals surface area (Å²) in [6, 6.07) is 5.19. The van der Waals surface area contributed by atoms with Gasteiger partial charge in [0.15, 0.2) is 11.6 Å². The highest BCUT2D eigenvalue weighted by Gasteiger charge is 2.34. The van der Waals surface area contributed by atoms with E-state index in [0.29, 0.717) is 11.1 Å². The normalized spacial score (nSPS) is 15.8. The lowest BCUT2D eigenvalue weighted by Gasteiger charge is -2.30. The number of hydrogen-bond donors (Lipinski definition) is 2. The van der Waals surface area contributed by atoms with Crippen LogP contribution in [0.15, 0.2) is 46.1 Å². The summed E-state index contributed by atoms with van der Waals surface area (Å²) in [5, 5.41) is 15.8. The van der Waals surface area contributed by atoms with Crippen LogP contribution in [0.25, 0.3) is 10.1 Å². The number of carbonyl (C=O) groups is 2. The molecule has 2 heterocycles. The van der Waals surface area contributed by atoms with Gasteiger partial charge in [-0.1, -0.05) is 0 Å². The van der Waals surface area contributed by atoms with E-state index in [9.17, 15) is 14.7 Å². The van der Waals surface area contributed by atoms with E-state index in [2.05, 4.69) is 5.32 Å². The van der Waals surface area contributed by atoms with Gasteiger partial charge in [0, 0.05) is 33.2 Å². The van der Waals surface area contributed by atoms with Gasteiger partial charge in [-0.25, -0.2) is 0 Å². The second-order valence-electron chi connectivity index (χ2n) is 6.12. The van der Waals surface area contributed by atoms with Crippen molar-refractivity contribution in [3.8, 4) is 5.75 Å². The quantitative estimate of drug-likeness (QED) is 0.885. The number of hydrogen-bond acceptors (Lipinski definition) is 5. The van der Waals surface area contributed by atoms with Crippen molar-refractivity contribution < 1.29 is 14.7 Å². The number of dihydropyridines is 1. The number of phenols is 1. The van der Waals surface area contributed by atoms with Gasteiger partial charge in [-0.05, 0) is 62.2 Å². The van der Waals surface area contributed by atoms with Gasteiger partial charge < -0.3 is 10.4 Å². The van der Waals surface area contributed by atoms with Crippen LogP contribution in [0.4, 0.5) is 0 Å². The first-order chi connectivity index (χ1) is 11.3. The molecule has 1 aliphatic heterocycles. The molecule has 5 heteroatoms. The van der Waals surface area contributed by atoms with Gasteiger partial charge >= 0.3 is 0 Å². The minimum Gasteiger partial charge on any atom is -0.508 e. The molecule has 4 nitrogen and oxygen atoms in total. The number of carbonyl (C=O) groups excluding carboxylic acids is 2. The van der Waals surface area contributed by atoms with E-state index in [1.165, 1.54) is 25.2 Å². The van der Waals surface area contributed by atoms with Gasteiger partial charge in [-0.2, -0.15) is 0 Å². The average molecular weight is 341 g/mol. The highest BCUT2D eigenvalue weighted by Crippen LogP contribution is 2.43. The molecule has 0 aliphatic carbocycles. The Labute approximate surface area is 144 Å². The molecule has 3 rings (SSSR count). The van der Waals surface area contributed by atoms with Crippen molar-refractivity contribution in [3.63, 3.8) is 0 Å². The Balaban J connectivity index is 2.31. The van der Waals surface area contributed by atoms with Crippen LogP contribution in [-0.4, -0.2) is 16.7 Å². The second kappa shape index (κ2) is 5.91. The molecule has 2 aromatic rings. The molecule has 0 amide bonds. The summed E-state index contributed by atoms with van der Waals surface area (Å²) in [4.78, 5) is 24.6. The molecule has 0 spiro atoms. The fraction of sp³-hybridized carbons (Fsp3) is 0.263. The smallest absolute Gasteiger partial charge is 0.158 e. The summed E-state index contributed by atoms with van der Waals surface area (Å²) >= 11 is 1.50. The van der Waals surface area contributed by atoms with Crippen LogP contribution in [0.3, 0.4) is 0 Å². The molecule has 0 bridgehead atoms. The number of nitrogens with one attached hydrogen (secondary N) is 1. The fourth-order valence-electron chi connectivity index (χ4n) is 3.50. The minimum atomic E-state index is -0.375. The molecule has 0 saturated carbocycles. The van der Waals surface area contributed by atoms with Crippen LogP contribution in [0.5, 0.6) is 5.75 Å². The first-order valence-electron chi connectivity index (χ1n) is 7.71. The maximum Gasteiger partial charge on any atom is 0.158 e. The van der Waals surface area contributed by atoms with Gasteiger partial charge in [0.1, 0.15) is 5.75 Å². The van der Waals surface area contributed by atoms with E-state index in [1.807, 2.05) is 25.3 Å². The molecular formula is C19H19NO3S. The molecule has 124 valence electrons. The molecule has 1 aromatic heterocycles. The summed E-state index contributed by atoms with van der Waals surface area (Å²) in [5.74, 6) is -0.262. The van der Waals surface area contributed by atoms with Crippen LogP contribution < -0.4 is 5.32 Å². The van der Waals surface area contributed by atoms with Gasteiger partial charge in [0.25, 0.3) is 0 Å². The molecule has 24 heavy (non-hydrogen) atoms. The summed E-state index contributed by atoms with van der Waals surface area (Å²) in [7, 11) is 0. The zero-order valence-corrected chi connectivity index (χ0v) is 14.9. The molecule has 0 atom stereocenters. The summed E-state index contributed by atoms with van der Waals surface area (Å²) < 4.78 is 0.935. The maximum absolute atomic E-state index is 12.3. The van der Waals surface area contributed by atoms with Crippen molar-refractivity contribution >= 4 is 33.0 Å². The van der Waals surface area contributed by atoms with Crippen LogP contribution >= 0.6 is 11.3 Å². The first-order valence-corrected chi connectivity index (χ1v) is 8.59. The largest absolute Gasteiger partial charge is 0.508 e. The van der Waals surface area contributed by atoms with Crippen molar-refractivity contribution in [1.29, 1.82) is 0 Å². The highest BCUT2D eigenvalue weighted by molar-refractivity contribution is 7.17. The number of aromatic hydroxyl groups is 1. The topological polar surface area (TPSA) is 66.4 Å². The summed E-state index contributed by atoms with van der Waals surface area (Å²) in [5.41, 5.74) is 3.75. The minimum absolute atomic E-state index is 0.0469. The van der Waals surface area contributed by atoms with Gasteiger partial charge in [-0.3, -0.25) is 9.59 Å². The van der Waals surface area contributed by atoms with Crippen molar-refractivity contribution in [3.05, 3.63) is 51.7 Å². The van der Waals surface area contributed by atoms with Crippen LogP contribution in [0, 0.1) is 0 Å². The summed E-state index contributed by atoms with van der Waals surface area (Å²) in [6.45, 7) is 6.80. The predicted octanol–water partition coefficient (Wildman–Crippen LogP) is 4.02. The van der Waals surface area contributed by atoms with E-state index in [0.717, 1.165) is 27.0 Å². The Morgan fingerprint density at radius 1 is 1.08 bits per heavy atom. The van der Waals surface area contributed by atoms with E-state index in [4.69, 9.17) is 0 Å². The molecule has 2 N–H and O–H groups in total. The molecular weight excluding hydrogens is 322 g/mol. The number of ketones is 2. The Hall–Kier alpha value is -2.40. The Kier molecular flexibility index (Phi) is 4.05. The van der Waals surface area contributed by atoms with Crippen LogP contribution in [0.2, 0.25) is 0 Å². The Bertz CT molecular complexity index is 897. The monoisotopic (exact) mass is 341 g/mol. The second-order valence-corrected chi connectivity index (χ2v) is 7.03. The third kappa shape index (κ3) is 2.55. The van der Waals surface area contributed by atoms with E-state index >= 15 is 0 Å². The zero-order valence-electron chi connectivity index (χ0n) is 14.1. The number of benzene rings is 1. The highest BCUT2D eigenvalue weighted by atomic mass is 32.1. The molecule has 0 fully saturated rings. The van der Waals surface area contributed by atoms with Crippen molar-refractivity contribution in [1.82, 2.24) is 5.32 Å². The predicted molar refractivity (Wildman–Crippen MR) is 96.1 cm³/mol. The number of thiophene rings is 1. The van der Waals surface area contributed by atoms with Crippen LogP contribution in [-0.2, 0) is 9.59 Å². The third-order valence-corrected chi connectivity index (χ3v) is 5.38. The Morgan fingerprint density at radius 3 is 2.21 bits per heavy atom. The van der Waals surface area contributed by atoms with Crippen molar-refractivity contribution in [2.45, 2.75) is 33.6 Å². The number of allylic oxidation sites excluding steroid dienone is 4. The van der Waals surface area contributed by atoms with Crippen LogP contribution in [0.1, 0.15) is 39.2 Å². The van der Waals surface area contributed by atoms with Gasteiger partial charge in [0.2, 0.25) is 0 Å². The number of rotatable bonds is 3. The standard InChI is InChI=1S/C19H19NO3S/c1-9-17(11(3)21)19(18(12(4)22)10(2)20-9)15-8-24-16-7-13(23)5-6-14(15)16/h5-8,19-20,23H,1-4H3. The fourth-order valence-corrected chi connectivity index (χ4v) is 4.52. The van der Waals surface area contributed by atoms with Gasteiger partial charge in [-0.15, -0.1) is 11.3 Å². The lowest BCUT2D eigenvalue weighted by atomic mass is 9.77.